The second-order valence-corrected chi connectivity index (χ2v) is 8.29. The van der Waals surface area contributed by atoms with Crippen molar-refractivity contribution < 1.29 is 0 Å². The third-order valence-corrected chi connectivity index (χ3v) is 6.56. The average molecular weight is 393 g/mol. The van der Waals surface area contributed by atoms with Crippen LogP contribution in [0.15, 0.2) is 47.7 Å². The molecule has 2 saturated heterocycles. The van der Waals surface area contributed by atoms with Gasteiger partial charge in [0.15, 0.2) is 0 Å². The molecule has 2 aliphatic rings. The van der Waals surface area contributed by atoms with Crippen LogP contribution in [0.4, 0.5) is 0 Å². The number of nitrogens with zero attached hydrogens (tertiary/aromatic N) is 5. The van der Waals surface area contributed by atoms with Crippen LogP contribution in [-0.4, -0.2) is 61.5 Å². The van der Waals surface area contributed by atoms with Gasteiger partial charge in [-0.15, -0.1) is 0 Å². The van der Waals surface area contributed by atoms with Crippen LogP contribution in [0.1, 0.15) is 37.4 Å². The molecule has 2 fully saturated rings. The largest absolute Gasteiger partial charge is 0.326 e. The predicted molar refractivity (Wildman–Crippen MR) is 113 cm³/mol. The highest BCUT2D eigenvalue weighted by atomic mass is 16.1. The van der Waals surface area contributed by atoms with Gasteiger partial charge in [0.2, 0.25) is 0 Å². The quantitative estimate of drug-likeness (QED) is 0.738. The fraction of sp³-hybridized carbons (Fsp3) is 0.500. The van der Waals surface area contributed by atoms with Gasteiger partial charge in [0, 0.05) is 63.4 Å². The van der Waals surface area contributed by atoms with Crippen LogP contribution in [0.3, 0.4) is 0 Å². The van der Waals surface area contributed by atoms with Gasteiger partial charge in [-0.2, -0.15) is 0 Å². The van der Waals surface area contributed by atoms with Crippen molar-refractivity contribution in [2.75, 3.05) is 26.2 Å². The Labute approximate surface area is 170 Å². The molecule has 7 heteroatoms. The lowest BCUT2D eigenvalue weighted by molar-refractivity contribution is 0.0765. The van der Waals surface area contributed by atoms with Gasteiger partial charge in [-0.1, -0.05) is 12.1 Å². The summed E-state index contributed by atoms with van der Waals surface area (Å²) < 4.78 is 1.98. The first-order valence-corrected chi connectivity index (χ1v) is 10.7. The molecule has 0 unspecified atom stereocenters. The average Bonchev–Trinajstić information content (AvgIpc) is 3.11. The molecule has 4 heterocycles. The minimum absolute atomic E-state index is 0.0296. The zero-order valence-corrected chi connectivity index (χ0v) is 16.7. The van der Waals surface area contributed by atoms with Crippen molar-refractivity contribution in [2.24, 2.45) is 0 Å². The Balaban J connectivity index is 1.16. The van der Waals surface area contributed by atoms with Gasteiger partial charge < -0.3 is 9.88 Å². The van der Waals surface area contributed by atoms with E-state index in [9.17, 15) is 4.79 Å². The normalized spacial score (nSPS) is 20.4. The number of aromatic nitrogens is 4. The number of hydrogen-bond acceptors (Lipinski definition) is 5. The summed E-state index contributed by atoms with van der Waals surface area (Å²) in [6, 6.07) is 8.97. The SMILES string of the molecule is O=c1[nH]c2ccccc2n1C1CCN(C2CCN(Cc3cnccn3)CC2)CC1. The molecule has 0 radical (unpaired) electrons. The molecule has 2 aromatic heterocycles. The number of nitrogens with one attached hydrogen (secondary N) is 1. The van der Waals surface area contributed by atoms with E-state index in [-0.39, 0.29) is 5.69 Å². The van der Waals surface area contributed by atoms with Crippen LogP contribution in [0.2, 0.25) is 0 Å². The fourth-order valence-electron chi connectivity index (χ4n) is 5.03. The number of benzene rings is 1. The van der Waals surface area contributed by atoms with Gasteiger partial charge in [-0.3, -0.25) is 19.4 Å². The number of likely N-dealkylation sites (tertiary alicyclic amines) is 2. The van der Waals surface area contributed by atoms with Gasteiger partial charge in [0.05, 0.1) is 16.7 Å². The van der Waals surface area contributed by atoms with Crippen molar-refractivity contribution in [1.82, 2.24) is 29.3 Å². The van der Waals surface area contributed by atoms with Crippen molar-refractivity contribution in [3.63, 3.8) is 0 Å². The lowest BCUT2D eigenvalue weighted by Gasteiger charge is -2.41. The number of imidazole rings is 1. The number of para-hydroxylation sites is 2. The molecular formula is C22H28N6O. The van der Waals surface area contributed by atoms with Gasteiger partial charge in [0.1, 0.15) is 0 Å². The third-order valence-electron chi connectivity index (χ3n) is 6.56. The van der Waals surface area contributed by atoms with E-state index in [0.717, 1.165) is 62.3 Å². The second kappa shape index (κ2) is 8.08. The highest BCUT2D eigenvalue weighted by Gasteiger charge is 2.29. The summed E-state index contributed by atoms with van der Waals surface area (Å²) in [4.78, 5) is 29.2. The smallest absolute Gasteiger partial charge is 0.306 e. The number of rotatable bonds is 4. The maximum Gasteiger partial charge on any atom is 0.326 e. The summed E-state index contributed by atoms with van der Waals surface area (Å²) in [5.74, 6) is 0. The summed E-state index contributed by atoms with van der Waals surface area (Å²) in [6.45, 7) is 5.27. The highest BCUT2D eigenvalue weighted by Crippen LogP contribution is 2.28. The minimum atomic E-state index is 0.0296. The van der Waals surface area contributed by atoms with Crippen LogP contribution in [0.5, 0.6) is 0 Å². The van der Waals surface area contributed by atoms with Crippen LogP contribution in [0.25, 0.3) is 11.0 Å². The molecule has 0 atom stereocenters. The van der Waals surface area contributed by atoms with Crippen LogP contribution >= 0.6 is 0 Å². The fourth-order valence-corrected chi connectivity index (χ4v) is 5.03. The molecule has 0 aliphatic carbocycles. The van der Waals surface area contributed by atoms with Gasteiger partial charge in [-0.25, -0.2) is 4.79 Å². The first-order chi connectivity index (χ1) is 14.3. The van der Waals surface area contributed by atoms with E-state index in [1.165, 1.54) is 12.8 Å². The first-order valence-electron chi connectivity index (χ1n) is 10.7. The molecule has 152 valence electrons. The molecule has 1 N–H and O–H groups in total. The molecule has 29 heavy (non-hydrogen) atoms. The number of fused-ring (bicyclic) bond motifs is 1. The Morgan fingerprint density at radius 1 is 0.966 bits per heavy atom. The van der Waals surface area contributed by atoms with E-state index < -0.39 is 0 Å². The van der Waals surface area contributed by atoms with E-state index in [1.807, 2.05) is 35.0 Å². The Morgan fingerprint density at radius 3 is 2.48 bits per heavy atom. The van der Waals surface area contributed by atoms with E-state index in [1.54, 1.807) is 12.4 Å². The second-order valence-electron chi connectivity index (χ2n) is 8.29. The van der Waals surface area contributed by atoms with Crippen molar-refractivity contribution in [2.45, 2.75) is 44.3 Å². The lowest BCUT2D eigenvalue weighted by Crippen LogP contribution is -2.48. The predicted octanol–water partition coefficient (Wildman–Crippen LogP) is 2.42. The Kier molecular flexibility index (Phi) is 5.16. The highest BCUT2D eigenvalue weighted by molar-refractivity contribution is 5.75. The molecular weight excluding hydrogens is 364 g/mol. The molecule has 0 amide bonds. The summed E-state index contributed by atoms with van der Waals surface area (Å²) in [5, 5.41) is 0. The maximum absolute atomic E-state index is 12.5. The molecule has 2 aliphatic heterocycles. The monoisotopic (exact) mass is 392 g/mol. The summed E-state index contributed by atoms with van der Waals surface area (Å²) in [7, 11) is 0. The number of H-pyrrole nitrogens is 1. The van der Waals surface area contributed by atoms with Crippen molar-refractivity contribution >= 4 is 11.0 Å². The van der Waals surface area contributed by atoms with Crippen molar-refractivity contribution in [1.29, 1.82) is 0 Å². The number of hydrogen-bond donors (Lipinski definition) is 1. The first kappa shape index (κ1) is 18.5. The summed E-state index contributed by atoms with van der Waals surface area (Å²) >= 11 is 0. The van der Waals surface area contributed by atoms with Crippen molar-refractivity contribution in [3.05, 3.63) is 59.0 Å². The Bertz CT molecular complexity index is 997. The molecule has 5 rings (SSSR count). The molecule has 0 bridgehead atoms. The zero-order valence-electron chi connectivity index (χ0n) is 16.7. The molecule has 1 aromatic carbocycles. The Morgan fingerprint density at radius 2 is 1.72 bits per heavy atom. The van der Waals surface area contributed by atoms with Crippen LogP contribution in [0, 0.1) is 0 Å². The van der Waals surface area contributed by atoms with Crippen molar-refractivity contribution in [3.8, 4) is 0 Å². The van der Waals surface area contributed by atoms with Gasteiger partial charge in [0.25, 0.3) is 0 Å². The van der Waals surface area contributed by atoms with Crippen LogP contribution in [-0.2, 0) is 6.54 Å². The molecule has 0 saturated carbocycles. The molecule has 7 nitrogen and oxygen atoms in total. The Hall–Kier alpha value is -2.51. The van der Waals surface area contributed by atoms with Gasteiger partial charge >= 0.3 is 5.69 Å². The van der Waals surface area contributed by atoms with E-state index in [0.29, 0.717) is 12.1 Å². The lowest BCUT2D eigenvalue weighted by atomic mass is 9.97. The van der Waals surface area contributed by atoms with E-state index in [2.05, 4.69) is 24.8 Å². The maximum atomic E-state index is 12.5. The third kappa shape index (κ3) is 3.84. The number of piperidine rings is 2. The minimum Gasteiger partial charge on any atom is -0.306 e. The molecule has 0 spiro atoms. The summed E-state index contributed by atoms with van der Waals surface area (Å²) in [6.07, 6.45) is 9.86. The van der Waals surface area contributed by atoms with E-state index in [4.69, 9.17) is 0 Å². The zero-order chi connectivity index (χ0) is 19.6. The molecule has 3 aromatic rings. The topological polar surface area (TPSA) is 70.1 Å². The van der Waals surface area contributed by atoms with E-state index >= 15 is 0 Å². The number of aromatic amines is 1. The standard InChI is InChI=1S/C22H28N6O/c29-22-25-20-3-1-2-4-21(20)28(22)19-7-13-27(14-8-19)18-5-11-26(12-6-18)16-17-15-23-9-10-24-17/h1-4,9-10,15,18-19H,5-8,11-14,16H2,(H,25,29). The van der Waals surface area contributed by atoms with Crippen LogP contribution < -0.4 is 5.69 Å². The van der Waals surface area contributed by atoms with Gasteiger partial charge in [-0.05, 0) is 37.8 Å². The summed E-state index contributed by atoms with van der Waals surface area (Å²) in [5.41, 5.74) is 3.06.